The molecule has 1 aromatic heterocycles. The Hall–Kier alpha value is -1.78. The molecule has 2 N–H and O–H groups in total. The van der Waals surface area contributed by atoms with Gasteiger partial charge in [-0.25, -0.2) is 0 Å². The van der Waals surface area contributed by atoms with E-state index in [4.69, 9.17) is 0 Å². The van der Waals surface area contributed by atoms with E-state index in [1.165, 1.54) is 33.6 Å². The molecular weight excluding hydrogens is 498 g/mol. The maximum absolute atomic E-state index is 4.53. The molecule has 0 spiro atoms. The van der Waals surface area contributed by atoms with Crippen LogP contribution in [-0.4, -0.2) is 36.1 Å². The van der Waals surface area contributed by atoms with Crippen LogP contribution in [0.2, 0.25) is 0 Å². The number of pyridine rings is 1. The number of hydrogen-bond acceptors (Lipinski definition) is 4. The third-order valence-corrected chi connectivity index (χ3v) is 5.53. The van der Waals surface area contributed by atoms with Gasteiger partial charge in [0.2, 0.25) is 0 Å². The zero-order chi connectivity index (χ0) is 21.3. The first-order valence-corrected chi connectivity index (χ1v) is 10.8. The molecular formula is C26H34Cl2N4Ni. The van der Waals surface area contributed by atoms with Crippen LogP contribution in [0.3, 0.4) is 0 Å². The Morgan fingerprint density at radius 2 is 1.12 bits per heavy atom. The molecule has 7 heteroatoms. The molecule has 0 saturated carbocycles. The molecule has 0 radical (unpaired) electrons. The molecule has 0 aliphatic rings. The van der Waals surface area contributed by atoms with E-state index in [2.05, 4.69) is 96.7 Å². The van der Waals surface area contributed by atoms with Crippen LogP contribution in [-0.2, 0) is 23.0 Å². The smallest absolute Gasteiger partial charge is 1.00 e. The molecule has 3 aromatic rings. The van der Waals surface area contributed by atoms with E-state index < -0.39 is 0 Å². The van der Waals surface area contributed by atoms with Crippen LogP contribution in [0.25, 0.3) is 0 Å². The SMILES string of the molecule is Cc1cccc(C)c1NCCN(CCNc1c(C)cccc1C)Cc1ccccn1.[Cl-].[Cl-].[Ni+2]. The van der Waals surface area contributed by atoms with Gasteiger partial charge in [0.15, 0.2) is 0 Å². The van der Waals surface area contributed by atoms with Gasteiger partial charge >= 0.3 is 16.5 Å². The summed E-state index contributed by atoms with van der Waals surface area (Å²) in [5.41, 5.74) is 8.79. The Morgan fingerprint density at radius 1 is 0.667 bits per heavy atom. The van der Waals surface area contributed by atoms with Crippen LogP contribution < -0.4 is 35.4 Å². The van der Waals surface area contributed by atoms with E-state index in [-0.39, 0.29) is 41.3 Å². The van der Waals surface area contributed by atoms with Crippen molar-refractivity contribution in [3.05, 3.63) is 88.7 Å². The van der Waals surface area contributed by atoms with E-state index in [9.17, 15) is 0 Å². The van der Waals surface area contributed by atoms with Gasteiger partial charge in [0, 0.05) is 50.3 Å². The Balaban J connectivity index is 0.00000341. The van der Waals surface area contributed by atoms with Gasteiger partial charge in [0.25, 0.3) is 0 Å². The predicted octanol–water partition coefficient (Wildman–Crippen LogP) is -0.653. The summed E-state index contributed by atoms with van der Waals surface area (Å²) in [4.78, 5) is 6.99. The molecule has 4 nitrogen and oxygen atoms in total. The van der Waals surface area contributed by atoms with Gasteiger partial charge < -0.3 is 35.4 Å². The van der Waals surface area contributed by atoms with E-state index in [1.807, 2.05) is 12.3 Å². The van der Waals surface area contributed by atoms with Crippen molar-refractivity contribution in [2.45, 2.75) is 34.2 Å². The number of benzene rings is 2. The second-order valence-corrected chi connectivity index (χ2v) is 7.98. The number of rotatable bonds is 10. The van der Waals surface area contributed by atoms with Gasteiger partial charge in [-0.05, 0) is 62.1 Å². The van der Waals surface area contributed by atoms with Gasteiger partial charge in [-0.15, -0.1) is 0 Å². The average molecular weight is 532 g/mol. The minimum Gasteiger partial charge on any atom is -1.00 e. The summed E-state index contributed by atoms with van der Waals surface area (Å²) >= 11 is 0. The number of para-hydroxylation sites is 2. The van der Waals surface area contributed by atoms with Crippen LogP contribution in [0.1, 0.15) is 27.9 Å². The van der Waals surface area contributed by atoms with Crippen molar-refractivity contribution in [2.75, 3.05) is 36.8 Å². The monoisotopic (exact) mass is 530 g/mol. The summed E-state index contributed by atoms with van der Waals surface area (Å²) in [7, 11) is 0. The van der Waals surface area contributed by atoms with Gasteiger partial charge in [0.1, 0.15) is 0 Å². The van der Waals surface area contributed by atoms with E-state index in [1.54, 1.807) is 0 Å². The fourth-order valence-electron chi connectivity index (χ4n) is 3.86. The van der Waals surface area contributed by atoms with Crippen LogP contribution in [0, 0.1) is 27.7 Å². The Bertz CT molecular complexity index is 856. The maximum Gasteiger partial charge on any atom is 2.00 e. The predicted molar refractivity (Wildman–Crippen MR) is 128 cm³/mol. The molecule has 33 heavy (non-hydrogen) atoms. The number of nitrogens with zero attached hydrogens (tertiary/aromatic N) is 2. The summed E-state index contributed by atoms with van der Waals surface area (Å²) in [6, 6.07) is 19.0. The third kappa shape index (κ3) is 9.54. The molecule has 0 saturated heterocycles. The van der Waals surface area contributed by atoms with Crippen molar-refractivity contribution in [1.29, 1.82) is 0 Å². The van der Waals surface area contributed by atoms with Crippen molar-refractivity contribution in [3.8, 4) is 0 Å². The van der Waals surface area contributed by atoms with Crippen LogP contribution >= 0.6 is 0 Å². The molecule has 1 heterocycles. The summed E-state index contributed by atoms with van der Waals surface area (Å²) < 4.78 is 0. The van der Waals surface area contributed by atoms with Crippen molar-refractivity contribution in [3.63, 3.8) is 0 Å². The molecule has 2 aromatic carbocycles. The molecule has 182 valence electrons. The minimum atomic E-state index is 0. The first-order valence-electron chi connectivity index (χ1n) is 10.8. The zero-order valence-corrected chi connectivity index (χ0v) is 22.3. The van der Waals surface area contributed by atoms with Gasteiger partial charge in [-0.2, -0.15) is 0 Å². The van der Waals surface area contributed by atoms with Crippen molar-refractivity contribution in [1.82, 2.24) is 9.88 Å². The standard InChI is InChI=1S/C26H34N4.2ClH.Ni/c1-20-9-7-10-21(2)25(20)28-15-17-30(19-24-13-5-6-14-27-24)18-16-29-26-22(3)11-8-12-23(26)4;;;/h5-14,28-29H,15-19H2,1-4H3;2*1H;/q;;;+2/p-2. The molecule has 0 aliphatic carbocycles. The topological polar surface area (TPSA) is 40.2 Å². The summed E-state index contributed by atoms with van der Waals surface area (Å²) in [5.74, 6) is 0. The van der Waals surface area contributed by atoms with Gasteiger partial charge in [0.05, 0.1) is 5.69 Å². The van der Waals surface area contributed by atoms with E-state index in [0.717, 1.165) is 38.4 Å². The van der Waals surface area contributed by atoms with Crippen LogP contribution in [0.15, 0.2) is 60.8 Å². The van der Waals surface area contributed by atoms with E-state index in [0.29, 0.717) is 0 Å². The molecule has 0 atom stereocenters. The third-order valence-electron chi connectivity index (χ3n) is 5.53. The number of aromatic nitrogens is 1. The average Bonchev–Trinajstić information content (AvgIpc) is 2.73. The van der Waals surface area contributed by atoms with Gasteiger partial charge in [-0.3, -0.25) is 9.88 Å². The van der Waals surface area contributed by atoms with Crippen LogP contribution in [0.5, 0.6) is 0 Å². The largest absolute Gasteiger partial charge is 2.00 e. The number of hydrogen-bond donors (Lipinski definition) is 2. The molecule has 0 unspecified atom stereocenters. The molecule has 3 rings (SSSR count). The normalized spacial score (nSPS) is 9.97. The zero-order valence-electron chi connectivity index (χ0n) is 19.8. The van der Waals surface area contributed by atoms with Crippen LogP contribution in [0.4, 0.5) is 11.4 Å². The quantitative estimate of drug-likeness (QED) is 0.341. The number of aryl methyl sites for hydroxylation is 4. The second-order valence-electron chi connectivity index (χ2n) is 7.98. The Morgan fingerprint density at radius 3 is 1.52 bits per heavy atom. The minimum absolute atomic E-state index is 0. The first kappa shape index (κ1) is 31.2. The molecule has 0 bridgehead atoms. The van der Waals surface area contributed by atoms with Crippen molar-refractivity contribution >= 4 is 11.4 Å². The van der Waals surface area contributed by atoms with Crippen molar-refractivity contribution < 1.29 is 41.3 Å². The molecule has 0 aliphatic heterocycles. The fourth-order valence-corrected chi connectivity index (χ4v) is 3.86. The molecule has 0 amide bonds. The summed E-state index contributed by atoms with van der Waals surface area (Å²) in [6.07, 6.45) is 1.87. The first-order chi connectivity index (χ1) is 14.5. The number of nitrogens with one attached hydrogen (secondary N) is 2. The summed E-state index contributed by atoms with van der Waals surface area (Å²) in [6.45, 7) is 13.2. The maximum atomic E-state index is 4.53. The number of halogens is 2. The second kappa shape index (κ2) is 16.0. The van der Waals surface area contributed by atoms with E-state index >= 15 is 0 Å². The summed E-state index contributed by atoms with van der Waals surface area (Å²) in [5, 5.41) is 7.28. The van der Waals surface area contributed by atoms with Crippen molar-refractivity contribution in [2.24, 2.45) is 0 Å². The molecule has 0 fully saturated rings. The fraction of sp³-hybridized carbons (Fsp3) is 0.346. The number of anilines is 2. The Labute approximate surface area is 221 Å². The Kier molecular flexibility index (Phi) is 15.1. The van der Waals surface area contributed by atoms with Gasteiger partial charge in [-0.1, -0.05) is 42.5 Å².